The van der Waals surface area contributed by atoms with Gasteiger partial charge in [0.1, 0.15) is 5.75 Å². The van der Waals surface area contributed by atoms with E-state index in [1.165, 1.54) is 25.8 Å². The number of amides is 1. The quantitative estimate of drug-likeness (QED) is 0.354. The van der Waals surface area contributed by atoms with E-state index in [1.54, 1.807) is 12.1 Å². The molecule has 0 spiro atoms. The number of ether oxygens (including phenoxy) is 4. The van der Waals surface area contributed by atoms with Crippen LogP contribution < -0.4 is 29.6 Å². The molecule has 0 radical (unpaired) electrons. The van der Waals surface area contributed by atoms with Gasteiger partial charge < -0.3 is 38.5 Å². The first-order valence-electron chi connectivity index (χ1n) is 13.9. The molecule has 0 saturated carbocycles. The number of aromatic nitrogens is 2. The molecule has 220 valence electrons. The highest BCUT2D eigenvalue weighted by molar-refractivity contribution is 6.88. The van der Waals surface area contributed by atoms with Crippen LogP contribution in [0.2, 0.25) is 19.6 Å². The number of aryl methyl sites for hydroxylation is 1. The highest BCUT2D eigenvalue weighted by Crippen LogP contribution is 2.35. The van der Waals surface area contributed by atoms with Crippen molar-refractivity contribution in [2.75, 3.05) is 63.8 Å². The van der Waals surface area contributed by atoms with Crippen LogP contribution in [0.25, 0.3) is 0 Å². The molecular formula is C29H39N5O6Si. The molecule has 1 atom stereocenters. The predicted molar refractivity (Wildman–Crippen MR) is 159 cm³/mol. The van der Waals surface area contributed by atoms with Crippen LogP contribution in [0, 0.1) is 6.92 Å². The maximum atomic E-state index is 13.2. The van der Waals surface area contributed by atoms with E-state index in [-0.39, 0.29) is 35.3 Å². The van der Waals surface area contributed by atoms with Crippen LogP contribution in [-0.4, -0.2) is 88.5 Å². The lowest BCUT2D eigenvalue weighted by molar-refractivity contribution is 0.00229. The fourth-order valence-electron chi connectivity index (χ4n) is 4.77. The summed E-state index contributed by atoms with van der Waals surface area (Å²) in [7, 11) is 1.45. The molecule has 1 amide bonds. The van der Waals surface area contributed by atoms with Crippen molar-refractivity contribution >= 4 is 30.8 Å². The number of nitrogens with one attached hydrogen (secondary N) is 1. The first-order chi connectivity index (χ1) is 19.6. The first kappa shape index (κ1) is 28.9. The SMILES string of the molecule is COc1nc(N2CCOC(CN3CCC3)C2)nc(OC)c1NC(=O)c1ccc(Oc2cc([Si](C)(C)C)ccc2C)o1. The van der Waals surface area contributed by atoms with Crippen LogP contribution in [0.15, 0.2) is 34.7 Å². The number of carbonyl (C=O) groups excluding carboxylic acids is 1. The number of benzene rings is 1. The average molecular weight is 582 g/mol. The van der Waals surface area contributed by atoms with Gasteiger partial charge in [0.15, 0.2) is 11.4 Å². The summed E-state index contributed by atoms with van der Waals surface area (Å²) in [4.78, 5) is 26.8. The number of hydrogen-bond acceptors (Lipinski definition) is 10. The van der Waals surface area contributed by atoms with Gasteiger partial charge >= 0.3 is 0 Å². The Balaban J connectivity index is 1.30. The third-order valence-electron chi connectivity index (χ3n) is 7.36. The third kappa shape index (κ3) is 6.66. The Labute approximate surface area is 241 Å². The Morgan fingerprint density at radius 1 is 1.07 bits per heavy atom. The molecule has 1 aromatic carbocycles. The Morgan fingerprint density at radius 2 is 1.80 bits per heavy atom. The predicted octanol–water partition coefficient (Wildman–Crippen LogP) is 3.90. The maximum Gasteiger partial charge on any atom is 0.291 e. The van der Waals surface area contributed by atoms with E-state index in [9.17, 15) is 4.79 Å². The van der Waals surface area contributed by atoms with Gasteiger partial charge in [0, 0.05) is 25.7 Å². The standard InChI is InChI=1S/C29H39N5O6Si/c1-19-8-9-21(41(4,5)6)16-23(19)40-24-11-10-22(39-24)26(35)30-25-27(36-2)31-29(32-28(25)37-3)34-14-15-38-20(18-34)17-33-12-7-13-33/h8-11,16,20H,7,12-15,17-18H2,1-6H3,(H,30,35). The van der Waals surface area contributed by atoms with Crippen LogP contribution in [0.1, 0.15) is 22.5 Å². The Kier molecular flexibility index (Phi) is 8.52. The lowest BCUT2D eigenvalue weighted by Gasteiger charge is -2.38. The Bertz CT molecular complexity index is 1360. The molecule has 0 bridgehead atoms. The first-order valence-corrected chi connectivity index (χ1v) is 17.4. The molecule has 1 unspecified atom stereocenters. The summed E-state index contributed by atoms with van der Waals surface area (Å²) < 4.78 is 28.8. The number of likely N-dealkylation sites (tertiary alicyclic amines) is 1. The van der Waals surface area contributed by atoms with Crippen molar-refractivity contribution in [3.05, 3.63) is 41.7 Å². The minimum atomic E-state index is -1.53. The summed E-state index contributed by atoms with van der Waals surface area (Å²) in [5.41, 5.74) is 1.19. The van der Waals surface area contributed by atoms with Gasteiger partial charge in [-0.1, -0.05) is 37.0 Å². The molecular weight excluding hydrogens is 542 g/mol. The van der Waals surface area contributed by atoms with Gasteiger partial charge in [-0.15, -0.1) is 0 Å². The second kappa shape index (κ2) is 12.1. The van der Waals surface area contributed by atoms with Gasteiger partial charge in [0.05, 0.1) is 35.0 Å². The summed E-state index contributed by atoms with van der Waals surface area (Å²) in [6, 6.07) is 9.43. The molecule has 2 aliphatic heterocycles. The lowest BCUT2D eigenvalue weighted by Crippen LogP contribution is -2.51. The Hall–Kier alpha value is -3.61. The van der Waals surface area contributed by atoms with Gasteiger partial charge in [0.25, 0.3) is 11.9 Å². The largest absolute Gasteiger partial charge is 0.479 e. The minimum Gasteiger partial charge on any atom is -0.479 e. The molecule has 2 aromatic heterocycles. The van der Waals surface area contributed by atoms with Crippen LogP contribution in [-0.2, 0) is 4.74 Å². The zero-order valence-electron chi connectivity index (χ0n) is 24.7. The number of anilines is 2. The second-order valence-corrected chi connectivity index (χ2v) is 16.5. The van der Waals surface area contributed by atoms with Crippen LogP contribution >= 0.6 is 0 Å². The van der Waals surface area contributed by atoms with Gasteiger partial charge in [-0.25, -0.2) is 0 Å². The number of rotatable bonds is 10. The molecule has 2 aliphatic rings. The average Bonchev–Trinajstić information content (AvgIpc) is 3.40. The molecule has 0 aliphatic carbocycles. The number of nitrogens with zero attached hydrogens (tertiary/aromatic N) is 4. The van der Waals surface area contributed by atoms with Gasteiger partial charge in [-0.05, 0) is 44.1 Å². The van der Waals surface area contributed by atoms with Crippen molar-refractivity contribution in [3.63, 3.8) is 0 Å². The monoisotopic (exact) mass is 581 g/mol. The zero-order valence-corrected chi connectivity index (χ0v) is 25.7. The summed E-state index contributed by atoms with van der Waals surface area (Å²) in [6.07, 6.45) is 1.31. The number of methoxy groups -OCH3 is 2. The molecule has 1 N–H and O–H groups in total. The molecule has 41 heavy (non-hydrogen) atoms. The summed E-state index contributed by atoms with van der Waals surface area (Å²) in [6.45, 7) is 13.8. The second-order valence-electron chi connectivity index (χ2n) is 11.4. The molecule has 4 heterocycles. The van der Waals surface area contributed by atoms with Crippen molar-refractivity contribution < 1.29 is 28.2 Å². The molecule has 5 rings (SSSR count). The highest BCUT2D eigenvalue weighted by Gasteiger charge is 2.29. The van der Waals surface area contributed by atoms with E-state index in [0.29, 0.717) is 31.4 Å². The van der Waals surface area contributed by atoms with E-state index >= 15 is 0 Å². The molecule has 2 saturated heterocycles. The van der Waals surface area contributed by atoms with Crippen LogP contribution in [0.5, 0.6) is 23.5 Å². The number of carbonyl (C=O) groups is 1. The van der Waals surface area contributed by atoms with E-state index in [4.69, 9.17) is 23.4 Å². The smallest absolute Gasteiger partial charge is 0.291 e. The van der Waals surface area contributed by atoms with Crippen LogP contribution in [0.4, 0.5) is 11.6 Å². The number of morpholine rings is 1. The summed E-state index contributed by atoms with van der Waals surface area (Å²) in [5.74, 6) is 1.31. The zero-order chi connectivity index (χ0) is 29.1. The third-order valence-corrected chi connectivity index (χ3v) is 9.40. The fraction of sp³-hybridized carbons (Fsp3) is 0.483. The molecule has 11 nitrogen and oxygen atoms in total. The van der Waals surface area contributed by atoms with Crippen molar-refractivity contribution in [1.82, 2.24) is 14.9 Å². The van der Waals surface area contributed by atoms with Gasteiger partial charge in [-0.3, -0.25) is 4.79 Å². The van der Waals surface area contributed by atoms with Crippen molar-refractivity contribution in [2.24, 2.45) is 0 Å². The topological polar surface area (TPSA) is 111 Å². The molecule has 2 fully saturated rings. The van der Waals surface area contributed by atoms with E-state index in [1.807, 2.05) is 13.0 Å². The Morgan fingerprint density at radius 3 is 2.44 bits per heavy atom. The lowest BCUT2D eigenvalue weighted by atomic mass is 10.2. The number of furan rings is 1. The van der Waals surface area contributed by atoms with Crippen LogP contribution in [0.3, 0.4) is 0 Å². The normalized spacial score (nSPS) is 17.6. The fourth-order valence-corrected chi connectivity index (χ4v) is 5.92. The van der Waals surface area contributed by atoms with Gasteiger partial charge in [-0.2, -0.15) is 9.97 Å². The number of hydrogen-bond donors (Lipinski definition) is 1. The van der Waals surface area contributed by atoms with E-state index < -0.39 is 14.0 Å². The van der Waals surface area contributed by atoms with Crippen molar-refractivity contribution in [1.29, 1.82) is 0 Å². The summed E-state index contributed by atoms with van der Waals surface area (Å²) in [5, 5.41) is 4.06. The van der Waals surface area contributed by atoms with Crippen molar-refractivity contribution in [3.8, 4) is 23.5 Å². The molecule has 3 aromatic rings. The highest BCUT2D eigenvalue weighted by atomic mass is 28.3. The maximum absolute atomic E-state index is 13.2. The minimum absolute atomic E-state index is 0.0641. The van der Waals surface area contributed by atoms with Gasteiger partial charge in [0.2, 0.25) is 17.7 Å². The summed E-state index contributed by atoms with van der Waals surface area (Å²) >= 11 is 0. The van der Waals surface area contributed by atoms with Crippen molar-refractivity contribution in [2.45, 2.75) is 39.1 Å². The van der Waals surface area contributed by atoms with E-state index in [2.05, 4.69) is 56.9 Å². The molecule has 12 heteroatoms. The van der Waals surface area contributed by atoms with E-state index in [0.717, 1.165) is 25.2 Å².